The summed E-state index contributed by atoms with van der Waals surface area (Å²) in [5, 5.41) is 4.32. The summed E-state index contributed by atoms with van der Waals surface area (Å²) < 4.78 is 11.8. The Morgan fingerprint density at radius 3 is 2.76 bits per heavy atom. The van der Waals surface area contributed by atoms with Gasteiger partial charge < -0.3 is 15.2 Å². The number of ether oxygens (including phenoxy) is 2. The molecule has 25 heavy (non-hydrogen) atoms. The molecule has 2 rings (SSSR count). The molecule has 0 atom stereocenters. The van der Waals surface area contributed by atoms with E-state index in [2.05, 4.69) is 31.4 Å². The second kappa shape index (κ2) is 8.30. The van der Waals surface area contributed by atoms with Crippen molar-refractivity contribution < 1.29 is 14.3 Å². The predicted octanol–water partition coefficient (Wildman–Crippen LogP) is 3.36. The number of methoxy groups -OCH3 is 1. The van der Waals surface area contributed by atoms with Gasteiger partial charge in [-0.1, -0.05) is 11.3 Å². The van der Waals surface area contributed by atoms with E-state index < -0.39 is 0 Å². The van der Waals surface area contributed by atoms with E-state index in [0.717, 1.165) is 21.4 Å². The zero-order chi connectivity index (χ0) is 18.6. The van der Waals surface area contributed by atoms with Crippen LogP contribution in [0.1, 0.15) is 34.8 Å². The van der Waals surface area contributed by atoms with Crippen LogP contribution in [0.25, 0.3) is 0 Å². The van der Waals surface area contributed by atoms with Crippen molar-refractivity contribution in [1.29, 1.82) is 0 Å². The molecular formula is C16H19BrN4O3S. The summed E-state index contributed by atoms with van der Waals surface area (Å²) >= 11 is 4.58. The summed E-state index contributed by atoms with van der Waals surface area (Å²) in [5.74, 6) is 0.838. The van der Waals surface area contributed by atoms with E-state index in [1.165, 1.54) is 6.21 Å². The van der Waals surface area contributed by atoms with Crippen molar-refractivity contribution >= 4 is 44.5 Å². The van der Waals surface area contributed by atoms with E-state index in [1.807, 2.05) is 19.9 Å². The predicted molar refractivity (Wildman–Crippen MR) is 103 cm³/mol. The highest BCUT2D eigenvalue weighted by Crippen LogP contribution is 2.36. The first-order valence-corrected chi connectivity index (χ1v) is 9.03. The van der Waals surface area contributed by atoms with Gasteiger partial charge in [-0.25, -0.2) is 10.4 Å². The second-order valence-corrected chi connectivity index (χ2v) is 7.25. The summed E-state index contributed by atoms with van der Waals surface area (Å²) in [6.07, 6.45) is 1.53. The summed E-state index contributed by atoms with van der Waals surface area (Å²) in [7, 11) is 1.56. The number of rotatable bonds is 6. The number of nitrogens with one attached hydrogen (secondary N) is 1. The van der Waals surface area contributed by atoms with Gasteiger partial charge in [0.25, 0.3) is 5.91 Å². The Balaban J connectivity index is 2.14. The number of carbonyl (C=O) groups is 1. The molecule has 2 aromatic rings. The summed E-state index contributed by atoms with van der Waals surface area (Å²) in [4.78, 5) is 16.5. The number of hydrazone groups is 1. The van der Waals surface area contributed by atoms with E-state index in [9.17, 15) is 4.79 Å². The Morgan fingerprint density at radius 1 is 1.48 bits per heavy atom. The average Bonchev–Trinajstić information content (AvgIpc) is 2.87. The molecule has 1 heterocycles. The zero-order valence-electron chi connectivity index (χ0n) is 14.3. The third-order valence-corrected chi connectivity index (χ3v) is 4.58. The highest BCUT2D eigenvalue weighted by molar-refractivity contribution is 9.10. The maximum absolute atomic E-state index is 12.1. The summed E-state index contributed by atoms with van der Waals surface area (Å²) in [6, 6.07) is 3.60. The van der Waals surface area contributed by atoms with Crippen LogP contribution in [-0.4, -0.2) is 30.3 Å². The van der Waals surface area contributed by atoms with Crippen LogP contribution in [0.4, 0.5) is 5.13 Å². The molecule has 0 aliphatic carbocycles. The number of hydrogen-bond acceptors (Lipinski definition) is 7. The summed E-state index contributed by atoms with van der Waals surface area (Å²) in [6.45, 7) is 5.59. The van der Waals surface area contributed by atoms with Gasteiger partial charge >= 0.3 is 0 Å². The minimum Gasteiger partial charge on any atom is -0.493 e. The van der Waals surface area contributed by atoms with E-state index in [1.54, 1.807) is 20.1 Å². The van der Waals surface area contributed by atoms with Crippen molar-refractivity contribution in [2.45, 2.75) is 26.9 Å². The van der Waals surface area contributed by atoms with Crippen LogP contribution in [0.5, 0.6) is 11.5 Å². The molecule has 1 aromatic carbocycles. The first kappa shape index (κ1) is 19.2. The molecule has 0 saturated heterocycles. The Morgan fingerprint density at radius 2 is 2.20 bits per heavy atom. The zero-order valence-corrected chi connectivity index (χ0v) is 16.7. The monoisotopic (exact) mass is 426 g/mol. The smallest absolute Gasteiger partial charge is 0.283 e. The molecule has 0 unspecified atom stereocenters. The Kier molecular flexibility index (Phi) is 6.38. The molecule has 0 saturated carbocycles. The van der Waals surface area contributed by atoms with Crippen molar-refractivity contribution in [2.24, 2.45) is 5.10 Å². The van der Waals surface area contributed by atoms with Gasteiger partial charge in [0.1, 0.15) is 4.88 Å². The number of amides is 1. The van der Waals surface area contributed by atoms with Gasteiger partial charge in [0.2, 0.25) is 0 Å². The van der Waals surface area contributed by atoms with Crippen molar-refractivity contribution in [1.82, 2.24) is 10.4 Å². The van der Waals surface area contributed by atoms with Crippen LogP contribution in [0, 0.1) is 6.92 Å². The molecule has 0 fully saturated rings. The van der Waals surface area contributed by atoms with Crippen LogP contribution in [-0.2, 0) is 0 Å². The van der Waals surface area contributed by atoms with Gasteiger partial charge in [-0.3, -0.25) is 4.79 Å². The third kappa shape index (κ3) is 4.93. The van der Waals surface area contributed by atoms with E-state index in [0.29, 0.717) is 27.2 Å². The SMILES string of the molecule is COc1cc(/C=N\NC(=O)c2sc(N)nc2C)cc(Br)c1OC(C)C. The van der Waals surface area contributed by atoms with Crippen molar-refractivity contribution in [2.75, 3.05) is 12.8 Å². The van der Waals surface area contributed by atoms with E-state index in [4.69, 9.17) is 15.2 Å². The van der Waals surface area contributed by atoms with Crippen LogP contribution in [0.2, 0.25) is 0 Å². The van der Waals surface area contributed by atoms with Crippen molar-refractivity contribution in [3.05, 3.63) is 32.7 Å². The molecule has 0 aliphatic rings. The lowest BCUT2D eigenvalue weighted by molar-refractivity contribution is 0.0958. The van der Waals surface area contributed by atoms with Gasteiger partial charge in [-0.2, -0.15) is 5.10 Å². The van der Waals surface area contributed by atoms with E-state index in [-0.39, 0.29) is 12.0 Å². The number of nitrogens with two attached hydrogens (primary N) is 1. The van der Waals surface area contributed by atoms with Gasteiger partial charge in [-0.15, -0.1) is 0 Å². The van der Waals surface area contributed by atoms with Crippen LogP contribution < -0.4 is 20.6 Å². The Hall–Kier alpha value is -2.13. The fourth-order valence-electron chi connectivity index (χ4n) is 2.01. The van der Waals surface area contributed by atoms with Crippen LogP contribution in [0.15, 0.2) is 21.7 Å². The number of nitrogens with zero attached hydrogens (tertiary/aromatic N) is 2. The molecule has 3 N–H and O–H groups in total. The van der Waals surface area contributed by atoms with Gasteiger partial charge in [0.15, 0.2) is 16.6 Å². The number of benzene rings is 1. The van der Waals surface area contributed by atoms with Gasteiger partial charge in [-0.05, 0) is 54.4 Å². The number of aryl methyl sites for hydroxylation is 1. The lowest BCUT2D eigenvalue weighted by atomic mass is 10.2. The molecular weight excluding hydrogens is 408 g/mol. The second-order valence-electron chi connectivity index (χ2n) is 5.37. The molecule has 0 aliphatic heterocycles. The Labute approximate surface area is 158 Å². The third-order valence-electron chi connectivity index (χ3n) is 3.00. The number of nitrogen functional groups attached to an aromatic ring is 1. The maximum Gasteiger partial charge on any atom is 0.283 e. The molecule has 7 nitrogen and oxygen atoms in total. The van der Waals surface area contributed by atoms with Crippen LogP contribution >= 0.6 is 27.3 Å². The van der Waals surface area contributed by atoms with Crippen LogP contribution in [0.3, 0.4) is 0 Å². The number of carbonyl (C=O) groups excluding carboxylic acids is 1. The lowest BCUT2D eigenvalue weighted by Crippen LogP contribution is -2.17. The fraction of sp³-hybridized carbons (Fsp3) is 0.312. The normalized spacial score (nSPS) is 11.1. The first-order chi connectivity index (χ1) is 11.8. The molecule has 0 bridgehead atoms. The van der Waals surface area contributed by atoms with Crippen molar-refractivity contribution in [3.63, 3.8) is 0 Å². The lowest BCUT2D eigenvalue weighted by Gasteiger charge is -2.15. The number of aromatic nitrogens is 1. The average molecular weight is 427 g/mol. The maximum atomic E-state index is 12.1. The molecule has 0 spiro atoms. The molecule has 1 aromatic heterocycles. The minimum absolute atomic E-state index is 0.0130. The van der Waals surface area contributed by atoms with Gasteiger partial charge in [0.05, 0.1) is 29.6 Å². The fourth-order valence-corrected chi connectivity index (χ4v) is 3.29. The van der Waals surface area contributed by atoms with Gasteiger partial charge in [0, 0.05) is 0 Å². The summed E-state index contributed by atoms with van der Waals surface area (Å²) in [5.41, 5.74) is 9.37. The molecule has 1 amide bonds. The molecule has 0 radical (unpaired) electrons. The topological polar surface area (TPSA) is 98.8 Å². The minimum atomic E-state index is -0.353. The number of hydrogen-bond donors (Lipinski definition) is 2. The number of thiazole rings is 1. The first-order valence-electron chi connectivity index (χ1n) is 7.42. The van der Waals surface area contributed by atoms with E-state index >= 15 is 0 Å². The standard InChI is InChI=1S/C16H19BrN4O3S/c1-8(2)24-13-11(17)5-10(6-12(13)23-4)7-19-21-15(22)14-9(3)20-16(18)25-14/h5-8H,1-4H3,(H2,18,20)(H,21,22)/b19-7-. The molecule has 134 valence electrons. The number of halogens is 1. The largest absolute Gasteiger partial charge is 0.493 e. The van der Waals surface area contributed by atoms with Crippen molar-refractivity contribution in [3.8, 4) is 11.5 Å². The molecule has 9 heteroatoms. The highest BCUT2D eigenvalue weighted by atomic mass is 79.9. The Bertz CT molecular complexity index is 805. The number of anilines is 1. The quantitative estimate of drug-likeness (QED) is 0.544. The highest BCUT2D eigenvalue weighted by Gasteiger charge is 2.14.